The van der Waals surface area contributed by atoms with Gasteiger partial charge in [0.05, 0.1) is 24.3 Å². The Morgan fingerprint density at radius 2 is 1.97 bits per heavy atom. The summed E-state index contributed by atoms with van der Waals surface area (Å²) < 4.78 is 7.34. The first-order valence-corrected chi connectivity index (χ1v) is 10.1. The zero-order valence-corrected chi connectivity index (χ0v) is 17.0. The van der Waals surface area contributed by atoms with Crippen LogP contribution in [0.15, 0.2) is 47.7 Å². The zero-order valence-electron chi connectivity index (χ0n) is 17.0. The Kier molecular flexibility index (Phi) is 5.92. The maximum Gasteiger partial charge on any atom is 0.269 e. The first-order valence-electron chi connectivity index (χ1n) is 10.1. The molecule has 3 aromatic rings. The smallest absolute Gasteiger partial charge is 0.269 e. The Morgan fingerprint density at radius 3 is 2.66 bits per heavy atom. The monoisotopic (exact) mass is 391 g/mol. The Morgan fingerprint density at radius 1 is 1.21 bits per heavy atom. The summed E-state index contributed by atoms with van der Waals surface area (Å²) in [4.78, 5) is 23.7. The van der Waals surface area contributed by atoms with Crippen molar-refractivity contribution in [3.8, 4) is 16.9 Å². The number of aromatic nitrogens is 3. The van der Waals surface area contributed by atoms with E-state index >= 15 is 0 Å². The number of pyridine rings is 1. The van der Waals surface area contributed by atoms with E-state index in [4.69, 9.17) is 4.74 Å². The van der Waals surface area contributed by atoms with Gasteiger partial charge in [0.2, 0.25) is 0 Å². The van der Waals surface area contributed by atoms with Gasteiger partial charge in [0.1, 0.15) is 5.75 Å². The molecule has 1 fully saturated rings. The van der Waals surface area contributed by atoms with E-state index in [9.17, 15) is 4.79 Å². The van der Waals surface area contributed by atoms with Gasteiger partial charge in [0, 0.05) is 37.1 Å². The first kappa shape index (κ1) is 19.6. The van der Waals surface area contributed by atoms with Crippen LogP contribution >= 0.6 is 0 Å². The molecular formula is C21H26BN5O2. The Bertz CT molecular complexity index is 1030. The van der Waals surface area contributed by atoms with Crippen molar-refractivity contribution in [2.45, 2.75) is 25.4 Å². The topological polar surface area (TPSA) is 72.3 Å². The highest BCUT2D eigenvalue weighted by atomic mass is 16.5. The minimum absolute atomic E-state index is 0.0865. The highest BCUT2D eigenvalue weighted by molar-refractivity contribution is 6.04. The number of nitrogens with zero attached hydrogens (tertiary/aromatic N) is 4. The van der Waals surface area contributed by atoms with Crippen LogP contribution in [0.1, 0.15) is 12.8 Å². The number of nitrogens with one attached hydrogen (secondary N) is 1. The lowest BCUT2D eigenvalue weighted by Crippen LogP contribution is -2.43. The van der Waals surface area contributed by atoms with Gasteiger partial charge in [0.25, 0.3) is 5.56 Å². The van der Waals surface area contributed by atoms with Crippen molar-refractivity contribution in [1.82, 2.24) is 24.7 Å². The van der Waals surface area contributed by atoms with E-state index < -0.39 is 0 Å². The lowest BCUT2D eigenvalue weighted by Gasteiger charge is -2.32. The number of fused-ring (bicyclic) bond motifs is 1. The molecule has 2 aromatic heterocycles. The summed E-state index contributed by atoms with van der Waals surface area (Å²) in [6, 6.07) is 8.35. The maximum absolute atomic E-state index is 12.7. The molecule has 3 heterocycles. The lowest BCUT2D eigenvalue weighted by molar-refractivity contribution is 0.201. The van der Waals surface area contributed by atoms with Crippen LogP contribution in [0.5, 0.6) is 5.75 Å². The van der Waals surface area contributed by atoms with Crippen LogP contribution in [-0.2, 0) is 6.54 Å². The largest absolute Gasteiger partial charge is 0.497 e. The van der Waals surface area contributed by atoms with Crippen molar-refractivity contribution in [1.29, 1.82) is 0 Å². The van der Waals surface area contributed by atoms with Gasteiger partial charge in [-0.3, -0.25) is 9.78 Å². The Hall–Kier alpha value is -2.71. The molecule has 0 atom stereocenters. The van der Waals surface area contributed by atoms with E-state index in [-0.39, 0.29) is 5.56 Å². The average molecular weight is 391 g/mol. The highest BCUT2D eigenvalue weighted by Gasteiger charge is 2.18. The summed E-state index contributed by atoms with van der Waals surface area (Å²) in [5.74, 6) is 0.709. The number of rotatable bonds is 6. The molecule has 8 heteroatoms. The van der Waals surface area contributed by atoms with Crippen LogP contribution in [0, 0.1) is 0 Å². The second kappa shape index (κ2) is 8.76. The zero-order chi connectivity index (χ0) is 20.2. The fraction of sp³-hybridized carbons (Fsp3) is 0.381. The summed E-state index contributed by atoms with van der Waals surface area (Å²) >= 11 is 0. The first-order chi connectivity index (χ1) is 14.2. The molecule has 0 radical (unpaired) electrons. The number of ether oxygens (including phenoxy) is 1. The predicted molar refractivity (Wildman–Crippen MR) is 117 cm³/mol. The van der Waals surface area contributed by atoms with E-state index in [1.165, 1.54) is 6.20 Å². The number of benzene rings is 1. The summed E-state index contributed by atoms with van der Waals surface area (Å²) in [7, 11) is 3.67. The standard InChI is InChI=1S/C21H26BN5O2/c1-29-17-12-18(15-2-6-23-7-3-15)21-19(13-17)27(20(28)14-24-21)11-10-26-8-4-16(25-22)5-9-26/h2-3,6-7,12-14,16,25H,4-5,8-11,22H2,1H3. The molecule has 1 saturated heterocycles. The molecule has 150 valence electrons. The summed E-state index contributed by atoms with van der Waals surface area (Å²) in [6.45, 7) is 3.58. The molecule has 0 spiro atoms. The van der Waals surface area contributed by atoms with E-state index in [1.807, 2.05) is 36.8 Å². The second-order valence-electron chi connectivity index (χ2n) is 7.43. The van der Waals surface area contributed by atoms with Crippen molar-refractivity contribution in [2.75, 3.05) is 26.7 Å². The molecule has 7 nitrogen and oxygen atoms in total. The molecule has 0 amide bonds. The minimum Gasteiger partial charge on any atom is -0.497 e. The fourth-order valence-electron chi connectivity index (χ4n) is 4.03. The fourth-order valence-corrected chi connectivity index (χ4v) is 4.03. The molecule has 0 saturated carbocycles. The molecule has 1 aliphatic rings. The van der Waals surface area contributed by atoms with Gasteiger partial charge in [-0.25, -0.2) is 4.98 Å². The van der Waals surface area contributed by atoms with Gasteiger partial charge in [-0.05, 0) is 55.7 Å². The van der Waals surface area contributed by atoms with Gasteiger partial charge in [-0.1, -0.05) is 0 Å². The van der Waals surface area contributed by atoms with Crippen LogP contribution in [0.25, 0.3) is 22.2 Å². The molecule has 1 N–H and O–H groups in total. The van der Waals surface area contributed by atoms with Crippen molar-refractivity contribution < 1.29 is 4.74 Å². The minimum atomic E-state index is -0.0865. The number of piperidine rings is 1. The number of hydrogen-bond donors (Lipinski definition) is 1. The van der Waals surface area contributed by atoms with E-state index in [1.54, 1.807) is 19.5 Å². The molecule has 1 aromatic carbocycles. The third-order valence-electron chi connectivity index (χ3n) is 5.79. The molecule has 1 aliphatic heterocycles. The van der Waals surface area contributed by atoms with Gasteiger partial charge in [-0.15, -0.1) is 0 Å². The quantitative estimate of drug-likeness (QED) is 0.634. The number of hydrogen-bond acceptors (Lipinski definition) is 6. The summed E-state index contributed by atoms with van der Waals surface area (Å²) in [6.07, 6.45) is 7.22. The van der Waals surface area contributed by atoms with Gasteiger partial charge in [-0.2, -0.15) is 0 Å². The van der Waals surface area contributed by atoms with Crippen LogP contribution < -0.4 is 15.5 Å². The van der Waals surface area contributed by atoms with E-state index in [0.29, 0.717) is 18.3 Å². The van der Waals surface area contributed by atoms with Crippen molar-refractivity contribution >= 4 is 19.0 Å². The van der Waals surface area contributed by atoms with Gasteiger partial charge >= 0.3 is 0 Å². The predicted octanol–water partition coefficient (Wildman–Crippen LogP) is 1.07. The Labute approximate surface area is 171 Å². The van der Waals surface area contributed by atoms with Crippen LogP contribution in [0.4, 0.5) is 0 Å². The molecule has 0 unspecified atom stereocenters. The van der Waals surface area contributed by atoms with Crippen molar-refractivity contribution in [3.05, 3.63) is 53.2 Å². The van der Waals surface area contributed by atoms with Crippen molar-refractivity contribution in [3.63, 3.8) is 0 Å². The lowest BCUT2D eigenvalue weighted by atomic mass is 10.0. The van der Waals surface area contributed by atoms with Crippen LogP contribution in [0.3, 0.4) is 0 Å². The SMILES string of the molecule is BNC1CCN(CCn2c(=O)cnc3c(-c4ccncc4)cc(OC)cc32)CC1. The normalized spacial score (nSPS) is 15.6. The van der Waals surface area contributed by atoms with Gasteiger partial charge < -0.3 is 19.4 Å². The summed E-state index contributed by atoms with van der Waals surface area (Å²) in [5, 5.41) is 3.36. The molecular weight excluding hydrogens is 365 g/mol. The molecule has 0 bridgehead atoms. The van der Waals surface area contributed by atoms with E-state index in [0.717, 1.165) is 54.6 Å². The molecule has 29 heavy (non-hydrogen) atoms. The van der Waals surface area contributed by atoms with Crippen molar-refractivity contribution in [2.24, 2.45) is 0 Å². The summed E-state index contributed by atoms with van der Waals surface area (Å²) in [5.41, 5.74) is 3.44. The third-order valence-corrected chi connectivity index (χ3v) is 5.79. The molecule has 0 aliphatic carbocycles. The second-order valence-corrected chi connectivity index (χ2v) is 7.43. The number of likely N-dealkylation sites (tertiary alicyclic amines) is 1. The third kappa shape index (κ3) is 4.18. The number of methoxy groups -OCH3 is 1. The van der Waals surface area contributed by atoms with Crippen LogP contribution in [0.2, 0.25) is 0 Å². The van der Waals surface area contributed by atoms with Gasteiger partial charge in [0.15, 0.2) is 7.98 Å². The maximum atomic E-state index is 12.7. The average Bonchev–Trinajstić information content (AvgIpc) is 2.78. The molecule has 4 rings (SSSR count). The highest BCUT2D eigenvalue weighted by Crippen LogP contribution is 2.31. The Balaban J connectivity index is 1.69. The van der Waals surface area contributed by atoms with Crippen LogP contribution in [-0.4, -0.2) is 60.2 Å². The van der Waals surface area contributed by atoms with E-state index in [2.05, 4.69) is 20.1 Å².